The van der Waals surface area contributed by atoms with Crippen LogP contribution in [-0.2, 0) is 16.0 Å². The van der Waals surface area contributed by atoms with Crippen LogP contribution in [0.15, 0.2) is 48.5 Å². The predicted octanol–water partition coefficient (Wildman–Crippen LogP) is 3.99. The van der Waals surface area contributed by atoms with E-state index in [-0.39, 0.29) is 12.5 Å². The average molecular weight is 374 g/mol. The van der Waals surface area contributed by atoms with Crippen molar-refractivity contribution in [3.05, 3.63) is 70.9 Å². The summed E-state index contributed by atoms with van der Waals surface area (Å²) in [6.45, 7) is 4.17. The van der Waals surface area contributed by atoms with E-state index in [9.17, 15) is 9.59 Å². The Balaban J connectivity index is 1.53. The minimum absolute atomic E-state index is 0.202. The average Bonchev–Trinajstić information content (AvgIpc) is 2.71. The van der Waals surface area contributed by atoms with Gasteiger partial charge < -0.3 is 9.64 Å². The Morgan fingerprint density at radius 2 is 1.93 bits per heavy atom. The van der Waals surface area contributed by atoms with Gasteiger partial charge in [-0.3, -0.25) is 9.78 Å². The van der Waals surface area contributed by atoms with Gasteiger partial charge in [0.2, 0.25) is 0 Å². The van der Waals surface area contributed by atoms with Gasteiger partial charge in [0, 0.05) is 23.3 Å². The largest absolute Gasteiger partial charge is 0.452 e. The smallest absolute Gasteiger partial charge is 0.339 e. The highest BCUT2D eigenvalue weighted by molar-refractivity contribution is 6.05. The zero-order chi connectivity index (χ0) is 19.7. The molecular weight excluding hydrogens is 352 g/mol. The first kappa shape index (κ1) is 18.2. The highest BCUT2D eigenvalue weighted by Gasteiger charge is 2.23. The van der Waals surface area contributed by atoms with Crippen LogP contribution in [0.5, 0.6) is 0 Å². The van der Waals surface area contributed by atoms with Crippen molar-refractivity contribution in [1.29, 1.82) is 0 Å². The number of fused-ring (bicyclic) bond motifs is 2. The van der Waals surface area contributed by atoms with Crippen LogP contribution in [0.4, 0.5) is 5.69 Å². The summed E-state index contributed by atoms with van der Waals surface area (Å²) in [6, 6.07) is 15.4. The molecule has 0 unspecified atom stereocenters. The molecule has 1 aliphatic rings. The van der Waals surface area contributed by atoms with Gasteiger partial charge in [-0.05, 0) is 56.5 Å². The molecule has 5 heteroatoms. The van der Waals surface area contributed by atoms with Crippen molar-refractivity contribution in [3.63, 3.8) is 0 Å². The van der Waals surface area contributed by atoms with E-state index < -0.39 is 5.97 Å². The first-order chi connectivity index (χ1) is 13.5. The van der Waals surface area contributed by atoms with Gasteiger partial charge in [0.05, 0.1) is 11.1 Å². The summed E-state index contributed by atoms with van der Waals surface area (Å²) in [5, 5.41) is 0.742. The molecule has 0 aliphatic carbocycles. The van der Waals surface area contributed by atoms with Crippen molar-refractivity contribution in [1.82, 2.24) is 4.98 Å². The fraction of sp³-hybridized carbons (Fsp3) is 0.261. The minimum Gasteiger partial charge on any atom is -0.452 e. The van der Waals surface area contributed by atoms with E-state index in [2.05, 4.69) is 4.98 Å². The maximum absolute atomic E-state index is 12.7. The summed E-state index contributed by atoms with van der Waals surface area (Å²) in [4.78, 5) is 31.6. The third kappa shape index (κ3) is 3.48. The van der Waals surface area contributed by atoms with Crippen LogP contribution >= 0.6 is 0 Å². The number of hydrogen-bond acceptors (Lipinski definition) is 4. The summed E-state index contributed by atoms with van der Waals surface area (Å²) in [7, 11) is 0. The Morgan fingerprint density at radius 1 is 1.11 bits per heavy atom. The normalized spacial score (nSPS) is 13.3. The van der Waals surface area contributed by atoms with Crippen molar-refractivity contribution in [2.24, 2.45) is 0 Å². The summed E-state index contributed by atoms with van der Waals surface area (Å²) in [5.41, 5.74) is 5.02. The van der Waals surface area contributed by atoms with Crippen LogP contribution in [-0.4, -0.2) is 30.0 Å². The fourth-order valence-corrected chi connectivity index (χ4v) is 3.72. The van der Waals surface area contributed by atoms with Crippen molar-refractivity contribution in [2.75, 3.05) is 18.1 Å². The molecule has 1 amide bonds. The van der Waals surface area contributed by atoms with E-state index in [1.54, 1.807) is 11.0 Å². The van der Waals surface area contributed by atoms with Gasteiger partial charge in [-0.1, -0.05) is 29.8 Å². The molecule has 1 aromatic heterocycles. The third-order valence-electron chi connectivity index (χ3n) is 5.05. The lowest BCUT2D eigenvalue weighted by Crippen LogP contribution is -2.38. The number of benzene rings is 2. The third-order valence-corrected chi connectivity index (χ3v) is 5.05. The lowest BCUT2D eigenvalue weighted by atomic mass is 10.0. The topological polar surface area (TPSA) is 59.5 Å². The Bertz CT molecular complexity index is 1070. The molecule has 4 rings (SSSR count). The van der Waals surface area contributed by atoms with Crippen LogP contribution in [0.2, 0.25) is 0 Å². The van der Waals surface area contributed by atoms with Gasteiger partial charge in [-0.2, -0.15) is 0 Å². The molecule has 2 aromatic carbocycles. The Morgan fingerprint density at radius 3 is 2.79 bits per heavy atom. The second-order valence-electron chi connectivity index (χ2n) is 7.19. The number of anilines is 1. The van der Waals surface area contributed by atoms with Crippen LogP contribution in [0, 0.1) is 13.8 Å². The second-order valence-corrected chi connectivity index (χ2v) is 7.19. The van der Waals surface area contributed by atoms with Gasteiger partial charge >= 0.3 is 5.97 Å². The highest BCUT2D eigenvalue weighted by atomic mass is 16.5. The molecule has 1 aliphatic heterocycles. The lowest BCUT2D eigenvalue weighted by Gasteiger charge is -2.29. The molecule has 28 heavy (non-hydrogen) atoms. The SMILES string of the molecule is Cc1ccc2nc(C)cc(C(=O)OCC(=O)N3CCCc4ccccc43)c2c1. The highest BCUT2D eigenvalue weighted by Crippen LogP contribution is 2.27. The maximum Gasteiger partial charge on any atom is 0.339 e. The van der Waals surface area contributed by atoms with Gasteiger partial charge in [0.25, 0.3) is 5.91 Å². The molecule has 0 saturated heterocycles. The van der Waals surface area contributed by atoms with E-state index >= 15 is 0 Å². The number of aryl methyl sites for hydroxylation is 3. The zero-order valence-electron chi connectivity index (χ0n) is 16.1. The predicted molar refractivity (Wildman–Crippen MR) is 109 cm³/mol. The molecule has 0 saturated carbocycles. The van der Waals surface area contributed by atoms with E-state index in [4.69, 9.17) is 4.74 Å². The van der Waals surface area contributed by atoms with Crippen LogP contribution < -0.4 is 4.90 Å². The van der Waals surface area contributed by atoms with E-state index in [1.807, 2.05) is 56.3 Å². The molecule has 0 atom stereocenters. The summed E-state index contributed by atoms with van der Waals surface area (Å²) in [6.07, 6.45) is 1.87. The van der Waals surface area contributed by atoms with E-state index in [0.717, 1.165) is 46.3 Å². The lowest BCUT2D eigenvalue weighted by molar-refractivity contribution is -0.121. The molecule has 5 nitrogen and oxygen atoms in total. The number of pyridine rings is 1. The summed E-state index contributed by atoms with van der Waals surface area (Å²) >= 11 is 0. The van der Waals surface area contributed by atoms with Crippen molar-refractivity contribution < 1.29 is 14.3 Å². The minimum atomic E-state index is -0.500. The monoisotopic (exact) mass is 374 g/mol. The van der Waals surface area contributed by atoms with Gasteiger partial charge in [0.1, 0.15) is 0 Å². The second kappa shape index (κ2) is 7.43. The van der Waals surface area contributed by atoms with Gasteiger partial charge in [0.15, 0.2) is 6.61 Å². The van der Waals surface area contributed by atoms with Gasteiger partial charge in [-0.15, -0.1) is 0 Å². The Hall–Kier alpha value is -3.21. The van der Waals surface area contributed by atoms with Crippen molar-refractivity contribution >= 4 is 28.5 Å². The zero-order valence-corrected chi connectivity index (χ0v) is 16.1. The molecule has 2 heterocycles. The van der Waals surface area contributed by atoms with Crippen molar-refractivity contribution in [3.8, 4) is 0 Å². The quantitative estimate of drug-likeness (QED) is 0.651. The first-order valence-corrected chi connectivity index (χ1v) is 9.46. The van der Waals surface area contributed by atoms with Crippen molar-refractivity contribution in [2.45, 2.75) is 26.7 Å². The van der Waals surface area contributed by atoms with Crippen LogP contribution in [0.3, 0.4) is 0 Å². The number of hydrogen-bond donors (Lipinski definition) is 0. The number of rotatable bonds is 3. The molecular formula is C23H22N2O3. The number of esters is 1. The van der Waals surface area contributed by atoms with Crippen LogP contribution in [0.25, 0.3) is 10.9 Å². The molecule has 0 fully saturated rings. The van der Waals surface area contributed by atoms with Crippen LogP contribution in [0.1, 0.15) is 33.6 Å². The molecule has 142 valence electrons. The molecule has 0 N–H and O–H groups in total. The maximum atomic E-state index is 12.7. The summed E-state index contributed by atoms with van der Waals surface area (Å²) in [5.74, 6) is -0.702. The number of amides is 1. The standard InChI is InChI=1S/C23H22N2O3/c1-15-9-10-20-18(12-15)19(13-16(2)24-20)23(27)28-14-22(26)25-11-5-7-17-6-3-4-8-21(17)25/h3-4,6,8-10,12-13H,5,7,11,14H2,1-2H3. The number of carbonyl (C=O) groups excluding carboxylic acids is 2. The fourth-order valence-electron chi connectivity index (χ4n) is 3.72. The summed E-state index contributed by atoms with van der Waals surface area (Å²) < 4.78 is 5.40. The van der Waals surface area contributed by atoms with E-state index in [0.29, 0.717) is 12.1 Å². The number of nitrogens with zero attached hydrogens (tertiary/aromatic N) is 2. The number of ether oxygens (including phenoxy) is 1. The molecule has 0 spiro atoms. The van der Waals surface area contributed by atoms with Gasteiger partial charge in [-0.25, -0.2) is 4.79 Å². The first-order valence-electron chi connectivity index (χ1n) is 9.46. The number of para-hydroxylation sites is 1. The molecule has 3 aromatic rings. The Labute approximate surface area is 163 Å². The number of carbonyl (C=O) groups is 2. The molecule has 0 bridgehead atoms. The Kier molecular flexibility index (Phi) is 4.82. The molecule has 0 radical (unpaired) electrons. The van der Waals surface area contributed by atoms with E-state index in [1.165, 1.54) is 0 Å². The number of aromatic nitrogens is 1.